The maximum atomic E-state index is 14.0. The number of carbonyl (C=O) groups is 2. The molecule has 1 atom stereocenters. The van der Waals surface area contributed by atoms with Crippen molar-refractivity contribution in [2.45, 2.75) is 44.7 Å². The average Bonchev–Trinajstić information content (AvgIpc) is 2.90. The Morgan fingerprint density at radius 1 is 0.923 bits per heavy atom. The smallest absolute Gasteiger partial charge is 0.264 e. The van der Waals surface area contributed by atoms with Crippen LogP contribution in [-0.2, 0) is 26.2 Å². The Kier molecular flexibility index (Phi) is 10.7. The lowest BCUT2D eigenvalue weighted by Gasteiger charge is -2.33. The molecule has 39 heavy (non-hydrogen) atoms. The maximum Gasteiger partial charge on any atom is 0.264 e. The van der Waals surface area contributed by atoms with Crippen molar-refractivity contribution in [3.63, 3.8) is 0 Å². The highest BCUT2D eigenvalue weighted by Crippen LogP contribution is 2.30. The zero-order chi connectivity index (χ0) is 28.7. The molecule has 208 valence electrons. The number of halogens is 3. The molecule has 7 nitrogen and oxygen atoms in total. The number of nitrogens with one attached hydrogen (secondary N) is 1. The zero-order valence-corrected chi connectivity index (χ0v) is 24.9. The van der Waals surface area contributed by atoms with Crippen LogP contribution in [0.25, 0.3) is 0 Å². The topological polar surface area (TPSA) is 86.8 Å². The molecule has 0 aliphatic carbocycles. The summed E-state index contributed by atoms with van der Waals surface area (Å²) in [5.74, 6) is -0.937. The van der Waals surface area contributed by atoms with Crippen molar-refractivity contribution in [2.75, 3.05) is 17.4 Å². The van der Waals surface area contributed by atoms with Crippen molar-refractivity contribution in [2.24, 2.45) is 0 Å². The van der Waals surface area contributed by atoms with Crippen LogP contribution in [0.2, 0.25) is 15.1 Å². The fourth-order valence-electron chi connectivity index (χ4n) is 4.13. The summed E-state index contributed by atoms with van der Waals surface area (Å²) in [4.78, 5) is 28.4. The van der Waals surface area contributed by atoms with Gasteiger partial charge in [-0.1, -0.05) is 72.1 Å². The van der Waals surface area contributed by atoms with Gasteiger partial charge in [-0.15, -0.1) is 0 Å². The van der Waals surface area contributed by atoms with Crippen molar-refractivity contribution in [3.8, 4) is 0 Å². The van der Waals surface area contributed by atoms with E-state index in [4.69, 9.17) is 34.8 Å². The first-order valence-corrected chi connectivity index (χ1v) is 14.9. The van der Waals surface area contributed by atoms with Gasteiger partial charge < -0.3 is 10.2 Å². The number of hydrogen-bond donors (Lipinski definition) is 1. The van der Waals surface area contributed by atoms with Gasteiger partial charge >= 0.3 is 0 Å². The number of rotatable bonds is 11. The van der Waals surface area contributed by atoms with Crippen LogP contribution in [0.15, 0.2) is 71.6 Å². The number of anilines is 1. The highest BCUT2D eigenvalue weighted by molar-refractivity contribution is 7.92. The lowest BCUT2D eigenvalue weighted by Crippen LogP contribution is -2.52. The SMILES string of the molecule is CCNC(=O)[C@H](CC)N(Cc1ccc(Cl)cc1Cl)C(=O)CN(c1cc(Cl)ccc1C)S(=O)(=O)c1ccccc1. The van der Waals surface area contributed by atoms with Crippen LogP contribution < -0.4 is 9.62 Å². The number of amides is 2. The van der Waals surface area contributed by atoms with Gasteiger partial charge in [0.15, 0.2) is 0 Å². The second-order valence-corrected chi connectivity index (χ2v) is 12.0. The first kappa shape index (κ1) is 30.8. The number of likely N-dealkylation sites (N-methyl/N-ethyl adjacent to an activating group) is 1. The first-order valence-electron chi connectivity index (χ1n) is 12.3. The molecule has 0 heterocycles. The third-order valence-electron chi connectivity index (χ3n) is 6.14. The number of nitrogens with zero attached hydrogens (tertiary/aromatic N) is 2. The molecule has 0 aliphatic rings. The lowest BCUT2D eigenvalue weighted by atomic mass is 10.1. The number of carbonyl (C=O) groups excluding carboxylic acids is 2. The molecule has 0 unspecified atom stereocenters. The van der Waals surface area contributed by atoms with Crippen LogP contribution in [0.4, 0.5) is 5.69 Å². The summed E-state index contributed by atoms with van der Waals surface area (Å²) >= 11 is 18.7. The van der Waals surface area contributed by atoms with Crippen LogP contribution >= 0.6 is 34.8 Å². The molecule has 0 bridgehead atoms. The molecule has 11 heteroatoms. The van der Waals surface area contributed by atoms with E-state index in [0.29, 0.717) is 39.2 Å². The monoisotopic (exact) mass is 609 g/mol. The largest absolute Gasteiger partial charge is 0.355 e. The fourth-order valence-corrected chi connectivity index (χ4v) is 6.26. The summed E-state index contributed by atoms with van der Waals surface area (Å²) in [6, 6.07) is 16.7. The van der Waals surface area contributed by atoms with E-state index in [0.717, 1.165) is 4.31 Å². The summed E-state index contributed by atoms with van der Waals surface area (Å²) in [7, 11) is -4.19. The normalized spacial score (nSPS) is 12.1. The predicted octanol–water partition coefficient (Wildman–Crippen LogP) is 6.09. The van der Waals surface area contributed by atoms with Gasteiger partial charge in [0.1, 0.15) is 12.6 Å². The van der Waals surface area contributed by atoms with E-state index in [9.17, 15) is 18.0 Å². The molecular formula is C28H30Cl3N3O4S. The number of aryl methyl sites for hydroxylation is 1. The second-order valence-electron chi connectivity index (χ2n) is 8.83. The Balaban J connectivity index is 2.11. The predicted molar refractivity (Wildman–Crippen MR) is 157 cm³/mol. The molecule has 3 aromatic rings. The minimum absolute atomic E-state index is 0.0141. The van der Waals surface area contributed by atoms with Crippen LogP contribution in [0, 0.1) is 6.92 Å². The molecule has 0 spiro atoms. The van der Waals surface area contributed by atoms with Crippen LogP contribution in [0.5, 0.6) is 0 Å². The molecular weight excluding hydrogens is 581 g/mol. The quantitative estimate of drug-likeness (QED) is 0.285. The Labute approximate surface area is 244 Å². The van der Waals surface area contributed by atoms with E-state index < -0.39 is 28.5 Å². The summed E-state index contributed by atoms with van der Waals surface area (Å²) in [5, 5.41) is 3.83. The minimum Gasteiger partial charge on any atom is -0.355 e. The van der Waals surface area contributed by atoms with Gasteiger partial charge in [-0.25, -0.2) is 8.42 Å². The van der Waals surface area contributed by atoms with Gasteiger partial charge in [0.05, 0.1) is 10.6 Å². The second kappa shape index (κ2) is 13.5. The highest BCUT2D eigenvalue weighted by Gasteiger charge is 2.34. The van der Waals surface area contributed by atoms with E-state index in [2.05, 4.69) is 5.32 Å². The van der Waals surface area contributed by atoms with E-state index in [-0.39, 0.29) is 23.0 Å². The van der Waals surface area contributed by atoms with Gasteiger partial charge in [0.2, 0.25) is 11.8 Å². The molecule has 0 aromatic heterocycles. The van der Waals surface area contributed by atoms with Gasteiger partial charge in [-0.05, 0) is 67.8 Å². The third kappa shape index (κ3) is 7.45. The number of benzene rings is 3. The summed E-state index contributed by atoms with van der Waals surface area (Å²) in [6.07, 6.45) is 0.296. The molecule has 0 fully saturated rings. The molecule has 2 amide bonds. The van der Waals surface area contributed by atoms with Gasteiger partial charge in [0, 0.05) is 28.2 Å². The Morgan fingerprint density at radius 2 is 1.56 bits per heavy atom. The van der Waals surface area contributed by atoms with Crippen molar-refractivity contribution in [1.29, 1.82) is 0 Å². The first-order chi connectivity index (χ1) is 18.5. The van der Waals surface area contributed by atoms with Crippen LogP contribution in [0.1, 0.15) is 31.4 Å². The highest BCUT2D eigenvalue weighted by atomic mass is 35.5. The molecule has 0 radical (unpaired) electrons. The minimum atomic E-state index is -4.19. The maximum absolute atomic E-state index is 14.0. The summed E-state index contributed by atoms with van der Waals surface area (Å²) in [6.45, 7) is 5.07. The van der Waals surface area contributed by atoms with Crippen LogP contribution in [0.3, 0.4) is 0 Å². The number of sulfonamides is 1. The van der Waals surface area contributed by atoms with Gasteiger partial charge in [-0.2, -0.15) is 0 Å². The molecule has 0 aliphatic heterocycles. The Bertz CT molecular complexity index is 1440. The Hall–Kier alpha value is -2.78. The van der Waals surface area contributed by atoms with E-state index in [1.165, 1.54) is 23.1 Å². The lowest BCUT2D eigenvalue weighted by molar-refractivity contribution is -0.140. The average molecular weight is 611 g/mol. The van der Waals surface area contributed by atoms with E-state index in [1.54, 1.807) is 69.3 Å². The molecule has 0 saturated heterocycles. The van der Waals surface area contributed by atoms with Crippen molar-refractivity contribution >= 4 is 62.3 Å². The third-order valence-corrected chi connectivity index (χ3v) is 8.74. The Morgan fingerprint density at radius 3 is 2.18 bits per heavy atom. The van der Waals surface area contributed by atoms with Gasteiger partial charge in [-0.3, -0.25) is 13.9 Å². The molecule has 3 aromatic carbocycles. The molecule has 1 N–H and O–H groups in total. The zero-order valence-electron chi connectivity index (χ0n) is 21.8. The molecule has 0 saturated carbocycles. The van der Waals surface area contributed by atoms with E-state index >= 15 is 0 Å². The fraction of sp³-hybridized carbons (Fsp3) is 0.286. The standard InChI is InChI=1S/C28H30Cl3N3O4S/c1-4-25(28(36)32-5-2)33(17-20-12-14-21(29)15-24(20)31)27(35)18-34(26-16-22(30)13-11-19(26)3)39(37,38)23-9-7-6-8-10-23/h6-16,25H,4-5,17-18H2,1-3H3,(H,32,36)/t25-/m0/s1. The number of hydrogen-bond acceptors (Lipinski definition) is 4. The van der Waals surface area contributed by atoms with Crippen molar-refractivity contribution < 1.29 is 18.0 Å². The van der Waals surface area contributed by atoms with E-state index in [1.807, 2.05) is 0 Å². The summed E-state index contributed by atoms with van der Waals surface area (Å²) in [5.41, 5.74) is 1.43. The van der Waals surface area contributed by atoms with Crippen molar-refractivity contribution in [3.05, 3.63) is 92.9 Å². The van der Waals surface area contributed by atoms with Crippen LogP contribution in [-0.4, -0.2) is 44.3 Å². The van der Waals surface area contributed by atoms with Gasteiger partial charge in [0.25, 0.3) is 10.0 Å². The molecule has 3 rings (SSSR count). The van der Waals surface area contributed by atoms with Crippen molar-refractivity contribution in [1.82, 2.24) is 10.2 Å². The summed E-state index contributed by atoms with van der Waals surface area (Å²) < 4.78 is 28.8.